The van der Waals surface area contributed by atoms with Crippen LogP contribution < -0.4 is 0 Å². The third-order valence-electron chi connectivity index (χ3n) is 11.3. The van der Waals surface area contributed by atoms with Crippen molar-refractivity contribution in [3.8, 4) is 0 Å². The van der Waals surface area contributed by atoms with Gasteiger partial charge in [0.15, 0.2) is 6.10 Å². The highest BCUT2D eigenvalue weighted by Gasteiger charge is 2.85. The number of hydrogen-bond donors (Lipinski definition) is 0. The zero-order valence-electron chi connectivity index (χ0n) is 36.6. The van der Waals surface area contributed by atoms with Crippen LogP contribution in [-0.4, -0.2) is 29.8 Å². The normalized spacial score (nSPS) is 17.8. The molecule has 0 bridgehead atoms. The van der Waals surface area contributed by atoms with Crippen LogP contribution in [0.3, 0.4) is 0 Å². The van der Waals surface area contributed by atoms with Gasteiger partial charge in [0.05, 0.1) is 0 Å². The Morgan fingerprint density at radius 1 is 0.429 bits per heavy atom. The second kappa shape index (κ2) is 34.2. The largest absolute Gasteiger partial charge is 0.455 e. The van der Waals surface area contributed by atoms with Gasteiger partial charge < -0.3 is 9.47 Å². The highest BCUT2D eigenvalue weighted by molar-refractivity contribution is 5.71. The summed E-state index contributed by atoms with van der Waals surface area (Å²) in [7, 11) is 0. The van der Waals surface area contributed by atoms with Crippen molar-refractivity contribution in [3.63, 3.8) is 0 Å². The maximum absolute atomic E-state index is 13.2. The lowest BCUT2D eigenvalue weighted by Crippen LogP contribution is -2.69. The molecule has 56 heavy (non-hydrogen) atoms. The lowest BCUT2D eigenvalue weighted by Gasteiger charge is -2.44. The first-order chi connectivity index (χ1) is 27.5. The molecule has 2 rings (SSSR count). The molecule has 1 spiro atoms. The minimum Gasteiger partial charge on any atom is -0.455 e. The zero-order valence-corrected chi connectivity index (χ0v) is 36.6. The molecule has 0 saturated carbocycles. The van der Waals surface area contributed by atoms with Crippen LogP contribution in [0.1, 0.15) is 252 Å². The van der Waals surface area contributed by atoms with Crippen LogP contribution in [0.2, 0.25) is 0 Å². The van der Waals surface area contributed by atoms with E-state index in [1.54, 1.807) is 0 Å². The molecule has 2 fully saturated rings. The Bertz CT molecular complexity index is 1010. The zero-order chi connectivity index (χ0) is 40.3. The first-order valence-corrected chi connectivity index (χ1v) is 24.0. The molecule has 2 atom stereocenters. The summed E-state index contributed by atoms with van der Waals surface area (Å²) in [5.74, 6) is -4.18. The summed E-state index contributed by atoms with van der Waals surface area (Å²) in [6.07, 6.45) is 48.2. The number of unbranched alkanes of at least 4 members (excludes halogenated alkanes) is 28. The number of carbonyl (C=O) groups is 2. The van der Waals surface area contributed by atoms with Gasteiger partial charge in [0.1, 0.15) is 0 Å². The summed E-state index contributed by atoms with van der Waals surface area (Å²) in [6, 6.07) is 0. The summed E-state index contributed by atoms with van der Waals surface area (Å²) in [5.41, 5.74) is 0. The van der Waals surface area contributed by atoms with Crippen LogP contribution in [0.15, 0.2) is 24.3 Å². The molecule has 8 heteroatoms. The molecule has 2 aliphatic rings. The first-order valence-electron chi connectivity index (χ1n) is 24.0. The van der Waals surface area contributed by atoms with E-state index in [2.05, 4.69) is 45.1 Å². The van der Waals surface area contributed by atoms with Gasteiger partial charge in [-0.1, -0.05) is 186 Å². The van der Waals surface area contributed by atoms with Gasteiger partial charge >= 0.3 is 23.7 Å². The molecule has 0 aliphatic carbocycles. The van der Waals surface area contributed by atoms with E-state index >= 15 is 0 Å². The molecular weight excluding hydrogens is 705 g/mol. The lowest BCUT2D eigenvalue weighted by molar-refractivity contribution is -0.619. The monoisotopic (exact) mass is 791 g/mol. The van der Waals surface area contributed by atoms with E-state index in [-0.39, 0.29) is 12.4 Å². The van der Waals surface area contributed by atoms with Gasteiger partial charge in [-0.15, -0.1) is 0 Å². The molecule has 8 nitrogen and oxygen atoms in total. The number of allylic oxidation sites excluding steroid dienone is 4. The van der Waals surface area contributed by atoms with Crippen molar-refractivity contribution in [1.29, 1.82) is 0 Å². The van der Waals surface area contributed by atoms with Gasteiger partial charge in [0.25, 0.3) is 0 Å². The van der Waals surface area contributed by atoms with Gasteiger partial charge in [-0.2, -0.15) is 19.6 Å². The summed E-state index contributed by atoms with van der Waals surface area (Å²) in [4.78, 5) is 47.4. The Morgan fingerprint density at radius 3 is 1.14 bits per heavy atom. The predicted octanol–water partition coefficient (Wildman–Crippen LogP) is 14.9. The number of esters is 2. The fourth-order valence-corrected chi connectivity index (χ4v) is 7.50. The van der Waals surface area contributed by atoms with Crippen molar-refractivity contribution in [3.05, 3.63) is 24.3 Å². The minimum absolute atomic E-state index is 0.242. The number of hydrogen-bond acceptors (Lipinski definition) is 8. The Morgan fingerprint density at radius 2 is 0.768 bits per heavy atom. The number of ether oxygens (including phenoxy) is 2. The number of rotatable bonds is 41. The van der Waals surface area contributed by atoms with Crippen LogP contribution in [0.25, 0.3) is 0 Å². The van der Waals surface area contributed by atoms with Crippen molar-refractivity contribution < 1.29 is 38.6 Å². The van der Waals surface area contributed by atoms with E-state index in [4.69, 9.17) is 29.0 Å². The van der Waals surface area contributed by atoms with E-state index in [0.29, 0.717) is 12.8 Å². The molecule has 326 valence electrons. The predicted molar refractivity (Wildman–Crippen MR) is 227 cm³/mol. The summed E-state index contributed by atoms with van der Waals surface area (Å²) >= 11 is 0. The average Bonchev–Trinajstić information content (AvgIpc) is 4.03. The Hall–Kier alpha value is -1.74. The van der Waals surface area contributed by atoms with Crippen molar-refractivity contribution in [2.24, 2.45) is 0 Å². The summed E-state index contributed by atoms with van der Waals surface area (Å²) in [6.45, 7) is 6.74. The van der Waals surface area contributed by atoms with Crippen LogP contribution in [0, 0.1) is 0 Å². The van der Waals surface area contributed by atoms with E-state index in [0.717, 1.165) is 83.5 Å². The molecule has 0 radical (unpaired) electrons. The smallest absolute Gasteiger partial charge is 0.438 e. The third-order valence-corrected chi connectivity index (χ3v) is 11.3. The molecule has 2 aliphatic heterocycles. The first kappa shape index (κ1) is 50.4. The SMILES string of the molecule is CCCCCCCC/C=C\CCCCCCCC(=O)OC(CCCCCCCCC)C1(OC(=O)CCCCCCC/C=C\CCCCCCCC)OOC12OO2. The van der Waals surface area contributed by atoms with Gasteiger partial charge in [-0.3, -0.25) is 9.59 Å². The maximum atomic E-state index is 13.2. The van der Waals surface area contributed by atoms with Crippen LogP contribution in [0.4, 0.5) is 0 Å². The molecule has 2 unspecified atom stereocenters. The van der Waals surface area contributed by atoms with Gasteiger partial charge in [0.2, 0.25) is 0 Å². The maximum Gasteiger partial charge on any atom is 0.438 e. The Kier molecular flexibility index (Phi) is 30.7. The van der Waals surface area contributed by atoms with E-state index in [1.165, 1.54) is 128 Å². The number of carbonyl (C=O) groups excluding carboxylic acids is 2. The van der Waals surface area contributed by atoms with Crippen LogP contribution in [-0.2, 0) is 38.6 Å². The molecule has 0 aromatic carbocycles. The fourth-order valence-electron chi connectivity index (χ4n) is 7.50. The summed E-state index contributed by atoms with van der Waals surface area (Å²) in [5, 5.41) is 0. The van der Waals surface area contributed by atoms with Gasteiger partial charge in [-0.25, -0.2) is 0 Å². The van der Waals surface area contributed by atoms with Crippen LogP contribution >= 0.6 is 0 Å². The third kappa shape index (κ3) is 23.0. The minimum atomic E-state index is -1.76. The molecule has 0 N–H and O–H groups in total. The van der Waals surface area contributed by atoms with E-state index < -0.39 is 23.8 Å². The van der Waals surface area contributed by atoms with Crippen molar-refractivity contribution in [2.45, 2.75) is 270 Å². The molecule has 2 heterocycles. The lowest BCUT2D eigenvalue weighted by atomic mass is 9.98. The van der Waals surface area contributed by atoms with E-state index in [1.807, 2.05) is 0 Å². The summed E-state index contributed by atoms with van der Waals surface area (Å²) < 4.78 is 12.0. The van der Waals surface area contributed by atoms with Crippen molar-refractivity contribution in [2.75, 3.05) is 0 Å². The highest BCUT2D eigenvalue weighted by Crippen LogP contribution is 2.56. The van der Waals surface area contributed by atoms with Crippen molar-refractivity contribution >= 4 is 11.9 Å². The van der Waals surface area contributed by atoms with Gasteiger partial charge in [0, 0.05) is 12.8 Å². The second-order valence-corrected chi connectivity index (χ2v) is 16.6. The second-order valence-electron chi connectivity index (χ2n) is 16.6. The molecular formula is C48H86O8. The molecule has 0 aromatic heterocycles. The Balaban J connectivity index is 1.71. The topological polar surface area (TPSA) is 96.1 Å². The van der Waals surface area contributed by atoms with Crippen LogP contribution in [0.5, 0.6) is 0 Å². The average molecular weight is 791 g/mol. The van der Waals surface area contributed by atoms with E-state index in [9.17, 15) is 9.59 Å². The Labute approximate surface area is 343 Å². The van der Waals surface area contributed by atoms with Gasteiger partial charge in [-0.05, 0) is 77.0 Å². The van der Waals surface area contributed by atoms with Crippen molar-refractivity contribution in [1.82, 2.24) is 0 Å². The quantitative estimate of drug-likeness (QED) is 0.0199. The highest BCUT2D eigenvalue weighted by atomic mass is 17.6. The molecule has 0 aromatic rings. The fraction of sp³-hybridized carbons (Fsp3) is 0.875. The molecule has 0 amide bonds. The standard InChI is InChI=1S/C48H86O8/c1-4-7-10-13-16-18-20-22-24-26-28-30-33-36-39-42-45(49)51-44(41-38-35-32-15-12-9-6-3)47(48(54-53-47)55-56-48)52-46(50)43-40-37-34-31-29-27-25-23-21-19-17-14-11-8-5-2/h22-25,44H,4-21,26-43H2,1-3H3/b24-22-,25-23-. The molecule has 2 saturated heterocycles.